The SMILES string of the molecule is CC(c1ccc(-c2ccc3oc4ccccc4c3c2)cc1)c1ccc(-c2cccc3c2oc2ccccc23)cc1. The van der Waals surface area contributed by atoms with E-state index in [1.54, 1.807) is 0 Å². The molecular weight excluding hydrogens is 488 g/mol. The number of hydrogen-bond acceptors (Lipinski definition) is 2. The molecule has 0 radical (unpaired) electrons. The summed E-state index contributed by atoms with van der Waals surface area (Å²) in [5, 5.41) is 4.63. The summed E-state index contributed by atoms with van der Waals surface area (Å²) in [5.41, 5.74) is 11.0. The van der Waals surface area contributed by atoms with Gasteiger partial charge in [0.15, 0.2) is 0 Å². The van der Waals surface area contributed by atoms with E-state index in [2.05, 4.69) is 116 Å². The average Bonchev–Trinajstić information content (AvgIpc) is 3.59. The van der Waals surface area contributed by atoms with Gasteiger partial charge in [-0.2, -0.15) is 0 Å². The van der Waals surface area contributed by atoms with Crippen molar-refractivity contribution in [3.63, 3.8) is 0 Å². The molecule has 2 aromatic heterocycles. The summed E-state index contributed by atoms with van der Waals surface area (Å²) in [6, 6.07) is 47.2. The third-order valence-electron chi connectivity index (χ3n) is 8.25. The quantitative estimate of drug-likeness (QED) is 0.233. The van der Waals surface area contributed by atoms with E-state index in [0.717, 1.165) is 55.0 Å². The van der Waals surface area contributed by atoms with E-state index >= 15 is 0 Å². The molecule has 0 amide bonds. The van der Waals surface area contributed by atoms with Crippen LogP contribution in [0.15, 0.2) is 142 Å². The minimum Gasteiger partial charge on any atom is -0.456 e. The Kier molecular flexibility index (Phi) is 5.14. The van der Waals surface area contributed by atoms with Crippen LogP contribution in [0, 0.1) is 0 Å². The molecule has 2 heteroatoms. The van der Waals surface area contributed by atoms with E-state index in [1.165, 1.54) is 22.3 Å². The van der Waals surface area contributed by atoms with Crippen LogP contribution in [0.2, 0.25) is 0 Å². The molecule has 0 bridgehead atoms. The molecule has 1 unspecified atom stereocenters. The maximum absolute atomic E-state index is 6.27. The van der Waals surface area contributed by atoms with E-state index in [1.807, 2.05) is 24.3 Å². The summed E-state index contributed by atoms with van der Waals surface area (Å²) in [6.45, 7) is 2.27. The monoisotopic (exact) mass is 514 g/mol. The topological polar surface area (TPSA) is 26.3 Å². The maximum Gasteiger partial charge on any atom is 0.143 e. The molecule has 0 aliphatic rings. The summed E-state index contributed by atoms with van der Waals surface area (Å²) >= 11 is 0. The second kappa shape index (κ2) is 9.00. The highest BCUT2D eigenvalue weighted by Crippen LogP contribution is 2.37. The number of hydrogen-bond donors (Lipinski definition) is 0. The van der Waals surface area contributed by atoms with Crippen molar-refractivity contribution in [1.29, 1.82) is 0 Å². The highest BCUT2D eigenvalue weighted by atomic mass is 16.3. The first-order valence-electron chi connectivity index (χ1n) is 13.8. The number of fused-ring (bicyclic) bond motifs is 6. The van der Waals surface area contributed by atoms with Crippen LogP contribution in [0.3, 0.4) is 0 Å². The second-order valence-corrected chi connectivity index (χ2v) is 10.6. The molecule has 1 atom stereocenters. The van der Waals surface area contributed by atoms with Crippen LogP contribution in [0.5, 0.6) is 0 Å². The normalized spacial score (nSPS) is 12.5. The standard InChI is InChI=1S/C38H26O2/c1-24(25-13-17-27(18-14-25)29-21-22-37-34(23-29)32-8-3-4-11-35(32)39-37)26-15-19-28(20-16-26)30-9-6-10-33-31-7-2-5-12-36(31)40-38(30)33/h2-24H,1H3. The van der Waals surface area contributed by atoms with Crippen LogP contribution in [0.25, 0.3) is 66.1 Å². The Hall–Kier alpha value is -5.08. The fourth-order valence-corrected chi connectivity index (χ4v) is 5.99. The van der Waals surface area contributed by atoms with Gasteiger partial charge in [-0.1, -0.05) is 116 Å². The molecule has 0 saturated heterocycles. The zero-order chi connectivity index (χ0) is 26.6. The first-order chi connectivity index (χ1) is 19.7. The van der Waals surface area contributed by atoms with Crippen LogP contribution < -0.4 is 0 Å². The lowest BCUT2D eigenvalue weighted by Crippen LogP contribution is -1.96. The molecule has 0 aliphatic heterocycles. The lowest BCUT2D eigenvalue weighted by molar-refractivity contribution is 0.669. The van der Waals surface area contributed by atoms with Crippen molar-refractivity contribution in [2.75, 3.05) is 0 Å². The molecule has 40 heavy (non-hydrogen) atoms. The van der Waals surface area contributed by atoms with Crippen LogP contribution in [-0.4, -0.2) is 0 Å². The summed E-state index contributed by atoms with van der Waals surface area (Å²) in [5.74, 6) is 0.283. The highest BCUT2D eigenvalue weighted by molar-refractivity contribution is 6.09. The first-order valence-corrected chi connectivity index (χ1v) is 13.8. The highest BCUT2D eigenvalue weighted by Gasteiger charge is 2.14. The Labute approximate surface area is 232 Å². The van der Waals surface area contributed by atoms with E-state index in [9.17, 15) is 0 Å². The van der Waals surface area contributed by atoms with Gasteiger partial charge in [-0.25, -0.2) is 0 Å². The smallest absolute Gasteiger partial charge is 0.143 e. The molecule has 6 aromatic carbocycles. The third kappa shape index (κ3) is 3.65. The molecule has 2 heterocycles. The van der Waals surface area contributed by atoms with Crippen LogP contribution in [-0.2, 0) is 0 Å². The number of furan rings is 2. The summed E-state index contributed by atoms with van der Waals surface area (Å²) in [7, 11) is 0. The van der Waals surface area contributed by atoms with Gasteiger partial charge in [0.2, 0.25) is 0 Å². The predicted octanol–water partition coefficient (Wildman–Crippen LogP) is 11.0. The summed E-state index contributed by atoms with van der Waals surface area (Å²) in [4.78, 5) is 0. The maximum atomic E-state index is 6.27. The number of rotatable bonds is 4. The molecule has 0 saturated carbocycles. The lowest BCUT2D eigenvalue weighted by Gasteiger charge is -2.14. The van der Waals surface area contributed by atoms with Crippen LogP contribution in [0.4, 0.5) is 0 Å². The van der Waals surface area contributed by atoms with E-state index in [0.29, 0.717) is 0 Å². The lowest BCUT2D eigenvalue weighted by atomic mass is 9.90. The van der Waals surface area contributed by atoms with Gasteiger partial charge in [-0.05, 0) is 52.1 Å². The van der Waals surface area contributed by atoms with Gasteiger partial charge >= 0.3 is 0 Å². The molecule has 0 fully saturated rings. The first kappa shape index (κ1) is 22.9. The Bertz CT molecular complexity index is 2160. The molecule has 2 nitrogen and oxygen atoms in total. The Morgan fingerprint density at radius 3 is 1.70 bits per heavy atom. The van der Waals surface area contributed by atoms with Crippen molar-refractivity contribution >= 4 is 43.9 Å². The van der Waals surface area contributed by atoms with Gasteiger partial charge in [-0.15, -0.1) is 0 Å². The fraction of sp³-hybridized carbons (Fsp3) is 0.0526. The van der Waals surface area contributed by atoms with Gasteiger partial charge in [0.1, 0.15) is 22.3 Å². The van der Waals surface area contributed by atoms with E-state index in [-0.39, 0.29) is 5.92 Å². The minimum atomic E-state index is 0.283. The molecule has 8 rings (SSSR count). The predicted molar refractivity (Wildman–Crippen MR) is 166 cm³/mol. The number of para-hydroxylation sites is 3. The van der Waals surface area contributed by atoms with Gasteiger partial charge in [0.05, 0.1) is 0 Å². The summed E-state index contributed by atoms with van der Waals surface area (Å²) < 4.78 is 12.3. The van der Waals surface area contributed by atoms with Gasteiger partial charge in [0.25, 0.3) is 0 Å². The van der Waals surface area contributed by atoms with Crippen molar-refractivity contribution in [3.05, 3.63) is 145 Å². The molecule has 0 aliphatic carbocycles. The van der Waals surface area contributed by atoms with Crippen molar-refractivity contribution in [3.8, 4) is 22.3 Å². The van der Waals surface area contributed by atoms with Gasteiger partial charge in [-0.3, -0.25) is 0 Å². The van der Waals surface area contributed by atoms with Crippen molar-refractivity contribution in [2.24, 2.45) is 0 Å². The minimum absolute atomic E-state index is 0.283. The molecule has 190 valence electrons. The van der Waals surface area contributed by atoms with Crippen LogP contribution >= 0.6 is 0 Å². The third-order valence-corrected chi connectivity index (χ3v) is 8.25. The fourth-order valence-electron chi connectivity index (χ4n) is 5.99. The zero-order valence-electron chi connectivity index (χ0n) is 22.1. The Morgan fingerprint density at radius 1 is 0.425 bits per heavy atom. The van der Waals surface area contributed by atoms with E-state index < -0.39 is 0 Å². The van der Waals surface area contributed by atoms with Crippen molar-refractivity contribution < 1.29 is 8.83 Å². The Balaban J connectivity index is 1.08. The van der Waals surface area contributed by atoms with E-state index in [4.69, 9.17) is 8.83 Å². The molecular formula is C38H26O2. The largest absolute Gasteiger partial charge is 0.456 e. The van der Waals surface area contributed by atoms with Gasteiger partial charge < -0.3 is 8.83 Å². The van der Waals surface area contributed by atoms with Crippen molar-refractivity contribution in [1.82, 2.24) is 0 Å². The molecule has 0 spiro atoms. The molecule has 0 N–H and O–H groups in total. The van der Waals surface area contributed by atoms with Crippen LogP contribution in [0.1, 0.15) is 24.0 Å². The molecule has 8 aromatic rings. The van der Waals surface area contributed by atoms with Crippen molar-refractivity contribution in [2.45, 2.75) is 12.8 Å². The average molecular weight is 515 g/mol. The zero-order valence-corrected chi connectivity index (χ0v) is 22.1. The Morgan fingerprint density at radius 2 is 0.975 bits per heavy atom. The van der Waals surface area contributed by atoms with Gasteiger partial charge in [0, 0.05) is 33.0 Å². The number of benzene rings is 6. The second-order valence-electron chi connectivity index (χ2n) is 10.6. The summed E-state index contributed by atoms with van der Waals surface area (Å²) in [6.07, 6.45) is 0.